The summed E-state index contributed by atoms with van der Waals surface area (Å²) >= 11 is 0. The molecule has 16 nitrogen and oxygen atoms in total. The molecule has 234 valence electrons. The van der Waals surface area contributed by atoms with Gasteiger partial charge in [0.05, 0.1) is 13.2 Å². The molecule has 0 aliphatic carbocycles. The molecule has 0 amide bonds. The Hall–Kier alpha value is -3.55. The molecule has 10 atom stereocenters. The molecule has 16 heteroatoms. The molecule has 5 rings (SSSR count). The van der Waals surface area contributed by atoms with E-state index in [1.807, 2.05) is 0 Å². The number of phenolic OH excluding ortho intramolecular Hbond substituents is 3. The van der Waals surface area contributed by atoms with Crippen molar-refractivity contribution in [2.45, 2.75) is 61.4 Å². The number of hydrogen-bond acceptors (Lipinski definition) is 16. The van der Waals surface area contributed by atoms with Crippen molar-refractivity contribution >= 4 is 11.0 Å². The van der Waals surface area contributed by atoms with E-state index in [2.05, 4.69) is 0 Å². The Balaban J connectivity index is 1.45. The van der Waals surface area contributed by atoms with Gasteiger partial charge in [0.1, 0.15) is 77.0 Å². The van der Waals surface area contributed by atoms with Gasteiger partial charge in [0.25, 0.3) is 0 Å². The van der Waals surface area contributed by atoms with Crippen molar-refractivity contribution in [2.24, 2.45) is 0 Å². The minimum absolute atomic E-state index is 0.116. The number of phenols is 3. The molecule has 10 N–H and O–H groups in total. The van der Waals surface area contributed by atoms with Gasteiger partial charge in [0, 0.05) is 17.7 Å². The smallest absolute Gasteiger partial charge is 0.239 e. The topological polar surface area (TPSA) is 269 Å². The summed E-state index contributed by atoms with van der Waals surface area (Å²) in [6, 6.07) is 7.25. The first-order valence-corrected chi connectivity index (χ1v) is 13.0. The molecule has 2 aromatic carbocycles. The Bertz CT molecular complexity index is 1490. The van der Waals surface area contributed by atoms with Gasteiger partial charge in [0.15, 0.2) is 12.1 Å². The van der Waals surface area contributed by atoms with Gasteiger partial charge in [-0.15, -0.1) is 0 Å². The van der Waals surface area contributed by atoms with E-state index < -0.39 is 103 Å². The highest BCUT2D eigenvalue weighted by Crippen LogP contribution is 2.37. The molecule has 2 saturated heterocycles. The second kappa shape index (κ2) is 12.2. The van der Waals surface area contributed by atoms with Crippen LogP contribution in [0.1, 0.15) is 0 Å². The lowest BCUT2D eigenvalue weighted by atomic mass is 9.98. The van der Waals surface area contributed by atoms with Crippen molar-refractivity contribution < 1.29 is 74.4 Å². The van der Waals surface area contributed by atoms with Gasteiger partial charge in [-0.3, -0.25) is 4.79 Å². The maximum Gasteiger partial charge on any atom is 0.239 e. The lowest BCUT2D eigenvalue weighted by Gasteiger charge is -2.42. The number of ether oxygens (including phenoxy) is 4. The molecular weight excluding hydrogens is 580 g/mol. The number of rotatable bonds is 7. The highest BCUT2D eigenvalue weighted by molar-refractivity contribution is 5.88. The summed E-state index contributed by atoms with van der Waals surface area (Å²) in [7, 11) is 0. The Morgan fingerprint density at radius 2 is 1.33 bits per heavy atom. The Kier molecular flexibility index (Phi) is 8.77. The van der Waals surface area contributed by atoms with Crippen molar-refractivity contribution in [3.05, 3.63) is 46.6 Å². The molecule has 43 heavy (non-hydrogen) atoms. The van der Waals surface area contributed by atoms with Crippen LogP contribution in [0.2, 0.25) is 0 Å². The first kappa shape index (κ1) is 30.9. The van der Waals surface area contributed by atoms with E-state index in [0.29, 0.717) is 0 Å². The van der Waals surface area contributed by atoms with Gasteiger partial charge < -0.3 is 74.4 Å². The van der Waals surface area contributed by atoms with Crippen molar-refractivity contribution in [2.75, 3.05) is 13.2 Å². The van der Waals surface area contributed by atoms with Crippen LogP contribution >= 0.6 is 0 Å². The summed E-state index contributed by atoms with van der Waals surface area (Å²) in [4.78, 5) is 13.6. The fourth-order valence-electron chi connectivity index (χ4n) is 4.84. The van der Waals surface area contributed by atoms with E-state index in [4.69, 9.17) is 23.4 Å². The number of benzene rings is 2. The Morgan fingerprint density at radius 1 is 0.721 bits per heavy atom. The fraction of sp³-hybridized carbons (Fsp3) is 0.444. The van der Waals surface area contributed by atoms with Crippen LogP contribution in [0.3, 0.4) is 0 Å². The predicted octanol–water partition coefficient (Wildman–Crippen LogP) is -2.42. The third-order valence-corrected chi connectivity index (χ3v) is 7.22. The van der Waals surface area contributed by atoms with Gasteiger partial charge in [-0.25, -0.2) is 0 Å². The summed E-state index contributed by atoms with van der Waals surface area (Å²) in [5.74, 6) is -2.07. The molecule has 0 bridgehead atoms. The molecule has 3 aromatic rings. The SMILES string of the molecule is O=c1c(O[C@@H]2OC(CO[C@@H]3OC(CO)[C@@H](O)[C@@H](O)C3O)[C@@H](O)[C@@H](O)C2O)c(-c2ccc(O)cc2)oc2cc(O)cc(O)c12. The van der Waals surface area contributed by atoms with Gasteiger partial charge in [-0.2, -0.15) is 0 Å². The van der Waals surface area contributed by atoms with E-state index in [0.717, 1.165) is 12.1 Å². The molecule has 0 saturated carbocycles. The summed E-state index contributed by atoms with van der Waals surface area (Å²) in [5.41, 5.74) is -1.01. The number of fused-ring (bicyclic) bond motifs is 1. The summed E-state index contributed by atoms with van der Waals surface area (Å²) in [6.45, 7) is -1.37. The second-order valence-corrected chi connectivity index (χ2v) is 10.1. The summed E-state index contributed by atoms with van der Waals surface area (Å²) in [6.07, 6.45) is -17.1. The quantitative estimate of drug-likeness (QED) is 0.133. The largest absolute Gasteiger partial charge is 0.508 e. The van der Waals surface area contributed by atoms with Gasteiger partial charge in [-0.05, 0) is 24.3 Å². The zero-order valence-corrected chi connectivity index (χ0v) is 22.1. The molecule has 0 spiro atoms. The molecule has 3 heterocycles. The zero-order chi connectivity index (χ0) is 31.2. The van der Waals surface area contributed by atoms with Gasteiger partial charge in [-0.1, -0.05) is 0 Å². The van der Waals surface area contributed by atoms with Crippen LogP contribution < -0.4 is 10.2 Å². The lowest BCUT2D eigenvalue weighted by Crippen LogP contribution is -2.62. The fourth-order valence-corrected chi connectivity index (χ4v) is 4.84. The van der Waals surface area contributed by atoms with E-state index in [9.17, 15) is 55.9 Å². The molecule has 2 aliphatic rings. The molecule has 1 aromatic heterocycles. The van der Waals surface area contributed by atoms with Crippen LogP contribution in [0.5, 0.6) is 23.0 Å². The highest BCUT2D eigenvalue weighted by atomic mass is 16.7. The van der Waals surface area contributed by atoms with Crippen molar-refractivity contribution in [3.8, 4) is 34.3 Å². The average molecular weight is 611 g/mol. The third-order valence-electron chi connectivity index (χ3n) is 7.22. The minimum Gasteiger partial charge on any atom is -0.508 e. The standard InChI is InChI=1S/C27H30O16/c28-7-14-17(32)20(35)22(37)26(41-14)39-8-15-18(33)21(36)23(38)27(42-15)43-25-19(34)16-12(31)5-11(30)6-13(16)40-24(25)9-1-3-10(29)4-2-9/h1-6,14-15,17-18,20-23,26-33,35-38H,7-8H2/t14?,15?,17-,18-,20-,21-,22?,23?,26-,27+/m1/s1. The van der Waals surface area contributed by atoms with Gasteiger partial charge >= 0.3 is 0 Å². The van der Waals surface area contributed by atoms with E-state index in [-0.39, 0.29) is 22.7 Å². The maximum absolute atomic E-state index is 13.6. The van der Waals surface area contributed by atoms with Crippen molar-refractivity contribution in [1.82, 2.24) is 0 Å². The molecule has 4 unspecified atom stereocenters. The number of aromatic hydroxyl groups is 3. The Labute approximate surface area is 241 Å². The zero-order valence-electron chi connectivity index (χ0n) is 22.1. The highest BCUT2D eigenvalue weighted by Gasteiger charge is 2.48. The van der Waals surface area contributed by atoms with Crippen LogP contribution in [0, 0.1) is 0 Å². The maximum atomic E-state index is 13.6. The van der Waals surface area contributed by atoms with E-state index in [1.165, 1.54) is 24.3 Å². The third kappa shape index (κ3) is 5.85. The van der Waals surface area contributed by atoms with Crippen LogP contribution in [-0.2, 0) is 14.2 Å². The first-order chi connectivity index (χ1) is 20.4. The number of aliphatic hydroxyl groups excluding tert-OH is 7. The molecule has 0 radical (unpaired) electrons. The first-order valence-electron chi connectivity index (χ1n) is 13.0. The van der Waals surface area contributed by atoms with E-state index >= 15 is 0 Å². The number of hydrogen-bond donors (Lipinski definition) is 10. The Morgan fingerprint density at radius 3 is 1.98 bits per heavy atom. The normalized spacial score (nSPS) is 33.0. The lowest BCUT2D eigenvalue weighted by molar-refractivity contribution is -0.323. The minimum atomic E-state index is -1.95. The molecular formula is C27H30O16. The van der Waals surface area contributed by atoms with Crippen LogP contribution in [0.4, 0.5) is 0 Å². The van der Waals surface area contributed by atoms with Crippen molar-refractivity contribution in [3.63, 3.8) is 0 Å². The predicted molar refractivity (Wildman–Crippen MR) is 140 cm³/mol. The molecule has 2 fully saturated rings. The van der Waals surface area contributed by atoms with Crippen LogP contribution in [-0.4, -0.2) is 126 Å². The van der Waals surface area contributed by atoms with E-state index in [1.54, 1.807) is 0 Å². The second-order valence-electron chi connectivity index (χ2n) is 10.1. The summed E-state index contributed by atoms with van der Waals surface area (Å²) < 4.78 is 27.8. The van der Waals surface area contributed by atoms with Crippen LogP contribution in [0.15, 0.2) is 45.6 Å². The van der Waals surface area contributed by atoms with Crippen molar-refractivity contribution in [1.29, 1.82) is 0 Å². The molecule has 2 aliphatic heterocycles. The summed E-state index contributed by atoms with van der Waals surface area (Å²) in [5, 5.41) is 101. The average Bonchev–Trinajstić information content (AvgIpc) is 2.97. The van der Waals surface area contributed by atoms with Crippen LogP contribution in [0.25, 0.3) is 22.3 Å². The van der Waals surface area contributed by atoms with Gasteiger partial charge in [0.2, 0.25) is 17.5 Å². The number of aliphatic hydroxyl groups is 7. The monoisotopic (exact) mass is 610 g/mol.